The lowest BCUT2D eigenvalue weighted by Crippen LogP contribution is -2.01. The minimum atomic E-state index is 0.792. The molecular weight excluding hydrogens is 132 g/mol. The summed E-state index contributed by atoms with van der Waals surface area (Å²) in [5.41, 5.74) is 1.47. The quantitative estimate of drug-likeness (QED) is 0.504. The molecule has 0 aromatic carbocycles. The number of allylic oxidation sites excluding steroid dienone is 1. The van der Waals surface area contributed by atoms with E-state index in [9.17, 15) is 0 Å². The van der Waals surface area contributed by atoms with Crippen molar-refractivity contribution >= 4 is 0 Å². The molecule has 0 heterocycles. The normalized spacial score (nSPS) is 13.0. The molecule has 11 heavy (non-hydrogen) atoms. The molecule has 0 aliphatic carbocycles. The van der Waals surface area contributed by atoms with Gasteiger partial charge in [-0.15, -0.1) is 0 Å². The largest absolute Gasteiger partial charge is 0.0996 e. The van der Waals surface area contributed by atoms with Gasteiger partial charge in [0.1, 0.15) is 0 Å². The minimum Gasteiger partial charge on any atom is -0.0996 e. The number of rotatable bonds is 6. The molecule has 0 saturated carbocycles. The molecule has 0 radical (unpaired) electrons. The monoisotopic (exact) mass is 154 g/mol. The first-order chi connectivity index (χ1) is 5.26. The van der Waals surface area contributed by atoms with Gasteiger partial charge in [-0.2, -0.15) is 0 Å². The first-order valence-electron chi connectivity index (χ1n) is 4.93. The molecular formula is C11H22. The van der Waals surface area contributed by atoms with Gasteiger partial charge in [-0.05, 0) is 25.2 Å². The van der Waals surface area contributed by atoms with Crippen molar-refractivity contribution in [2.75, 3.05) is 0 Å². The second-order valence-corrected chi connectivity index (χ2v) is 3.30. The van der Waals surface area contributed by atoms with Crippen LogP contribution in [0, 0.1) is 5.92 Å². The summed E-state index contributed by atoms with van der Waals surface area (Å²) in [6, 6.07) is 0. The van der Waals surface area contributed by atoms with Crippen LogP contribution in [0.1, 0.15) is 52.9 Å². The summed E-state index contributed by atoms with van der Waals surface area (Å²) < 4.78 is 0. The third-order valence-corrected chi connectivity index (χ3v) is 2.28. The zero-order chi connectivity index (χ0) is 8.69. The molecule has 0 amide bonds. The van der Waals surface area contributed by atoms with Crippen LogP contribution in [0.3, 0.4) is 0 Å². The van der Waals surface area contributed by atoms with Crippen LogP contribution in [-0.2, 0) is 0 Å². The van der Waals surface area contributed by atoms with Crippen molar-refractivity contribution in [3.63, 3.8) is 0 Å². The predicted molar refractivity (Wildman–Crippen MR) is 52.7 cm³/mol. The zero-order valence-corrected chi connectivity index (χ0v) is 8.32. The standard InChI is InChI=1S/C11H22/c1-5-8-10(4)11(7-3)9-6-2/h11H,4-9H2,1-3H3. The highest BCUT2D eigenvalue weighted by Gasteiger charge is 2.07. The fraction of sp³-hybridized carbons (Fsp3) is 0.818. The summed E-state index contributed by atoms with van der Waals surface area (Å²) in [5, 5.41) is 0. The van der Waals surface area contributed by atoms with Crippen LogP contribution in [0.2, 0.25) is 0 Å². The van der Waals surface area contributed by atoms with Crippen LogP contribution >= 0.6 is 0 Å². The molecule has 0 aromatic rings. The fourth-order valence-electron chi connectivity index (χ4n) is 1.57. The van der Waals surface area contributed by atoms with Gasteiger partial charge in [-0.3, -0.25) is 0 Å². The van der Waals surface area contributed by atoms with Crippen LogP contribution in [0.5, 0.6) is 0 Å². The van der Waals surface area contributed by atoms with E-state index in [-0.39, 0.29) is 0 Å². The molecule has 0 fully saturated rings. The van der Waals surface area contributed by atoms with Crippen molar-refractivity contribution in [2.45, 2.75) is 52.9 Å². The average molecular weight is 154 g/mol. The lowest BCUT2D eigenvalue weighted by atomic mass is 9.90. The van der Waals surface area contributed by atoms with E-state index in [1.54, 1.807) is 0 Å². The van der Waals surface area contributed by atoms with Crippen LogP contribution in [0.4, 0.5) is 0 Å². The van der Waals surface area contributed by atoms with Crippen LogP contribution in [-0.4, -0.2) is 0 Å². The van der Waals surface area contributed by atoms with Crippen molar-refractivity contribution in [1.82, 2.24) is 0 Å². The fourth-order valence-corrected chi connectivity index (χ4v) is 1.57. The molecule has 66 valence electrons. The van der Waals surface area contributed by atoms with E-state index in [2.05, 4.69) is 27.4 Å². The summed E-state index contributed by atoms with van der Waals surface area (Å²) in [6.45, 7) is 10.9. The highest BCUT2D eigenvalue weighted by molar-refractivity contribution is 4.99. The predicted octanol–water partition coefficient (Wildman–Crippen LogP) is 4.17. The van der Waals surface area contributed by atoms with Crippen molar-refractivity contribution in [3.8, 4) is 0 Å². The van der Waals surface area contributed by atoms with E-state index in [0.717, 1.165) is 5.92 Å². The van der Waals surface area contributed by atoms with Crippen molar-refractivity contribution in [3.05, 3.63) is 12.2 Å². The third kappa shape index (κ3) is 4.23. The first kappa shape index (κ1) is 10.7. The van der Waals surface area contributed by atoms with Gasteiger partial charge in [0, 0.05) is 0 Å². The molecule has 0 heteroatoms. The smallest absolute Gasteiger partial charge is 0.0209 e. The Labute approximate surface area is 71.7 Å². The van der Waals surface area contributed by atoms with E-state index in [4.69, 9.17) is 0 Å². The van der Waals surface area contributed by atoms with Gasteiger partial charge in [0.2, 0.25) is 0 Å². The van der Waals surface area contributed by atoms with Gasteiger partial charge in [0.05, 0.1) is 0 Å². The Bertz CT molecular complexity index is 103. The molecule has 0 rings (SSSR count). The molecule has 0 saturated heterocycles. The Morgan fingerprint density at radius 3 is 2.18 bits per heavy atom. The summed E-state index contributed by atoms with van der Waals surface area (Å²) >= 11 is 0. The number of hydrogen-bond donors (Lipinski definition) is 0. The van der Waals surface area contributed by atoms with E-state index in [1.807, 2.05) is 0 Å². The Balaban J connectivity index is 3.71. The Kier molecular flexibility index (Phi) is 6.30. The van der Waals surface area contributed by atoms with Crippen molar-refractivity contribution in [1.29, 1.82) is 0 Å². The molecule has 0 spiro atoms. The number of hydrogen-bond acceptors (Lipinski definition) is 0. The molecule has 0 nitrogen and oxygen atoms in total. The lowest BCUT2D eigenvalue weighted by molar-refractivity contribution is 0.516. The van der Waals surface area contributed by atoms with Gasteiger partial charge < -0.3 is 0 Å². The summed E-state index contributed by atoms with van der Waals surface area (Å²) in [7, 11) is 0. The van der Waals surface area contributed by atoms with Crippen LogP contribution in [0.15, 0.2) is 12.2 Å². The van der Waals surface area contributed by atoms with Crippen LogP contribution in [0.25, 0.3) is 0 Å². The van der Waals surface area contributed by atoms with Crippen LogP contribution < -0.4 is 0 Å². The molecule has 1 atom stereocenters. The SMILES string of the molecule is C=C(CCC)C(CC)CCC. The maximum Gasteiger partial charge on any atom is -0.0209 e. The Morgan fingerprint density at radius 1 is 1.18 bits per heavy atom. The molecule has 0 aliphatic rings. The Hall–Kier alpha value is -0.260. The second-order valence-electron chi connectivity index (χ2n) is 3.30. The van der Waals surface area contributed by atoms with Gasteiger partial charge >= 0.3 is 0 Å². The average Bonchev–Trinajstić information content (AvgIpc) is 2.00. The van der Waals surface area contributed by atoms with E-state index < -0.39 is 0 Å². The molecule has 0 bridgehead atoms. The van der Waals surface area contributed by atoms with Gasteiger partial charge in [0.25, 0.3) is 0 Å². The van der Waals surface area contributed by atoms with Gasteiger partial charge in [-0.25, -0.2) is 0 Å². The first-order valence-corrected chi connectivity index (χ1v) is 4.93. The second kappa shape index (κ2) is 6.45. The summed E-state index contributed by atoms with van der Waals surface area (Å²) in [4.78, 5) is 0. The maximum absolute atomic E-state index is 4.13. The molecule has 1 unspecified atom stereocenters. The lowest BCUT2D eigenvalue weighted by Gasteiger charge is -2.15. The molecule has 0 aromatic heterocycles. The summed E-state index contributed by atoms with van der Waals surface area (Å²) in [6.07, 6.45) is 6.36. The third-order valence-electron chi connectivity index (χ3n) is 2.28. The van der Waals surface area contributed by atoms with E-state index in [1.165, 1.54) is 37.7 Å². The van der Waals surface area contributed by atoms with Crippen molar-refractivity contribution in [2.24, 2.45) is 5.92 Å². The minimum absolute atomic E-state index is 0.792. The van der Waals surface area contributed by atoms with E-state index in [0.29, 0.717) is 0 Å². The maximum atomic E-state index is 4.13. The highest BCUT2D eigenvalue weighted by Crippen LogP contribution is 2.22. The molecule has 0 aliphatic heterocycles. The zero-order valence-electron chi connectivity index (χ0n) is 8.32. The highest BCUT2D eigenvalue weighted by atomic mass is 14.1. The van der Waals surface area contributed by atoms with Crippen molar-refractivity contribution < 1.29 is 0 Å². The molecule has 0 N–H and O–H groups in total. The summed E-state index contributed by atoms with van der Waals surface area (Å²) in [5.74, 6) is 0.792. The van der Waals surface area contributed by atoms with E-state index >= 15 is 0 Å². The Morgan fingerprint density at radius 2 is 1.82 bits per heavy atom. The van der Waals surface area contributed by atoms with Gasteiger partial charge in [-0.1, -0.05) is 45.8 Å². The topological polar surface area (TPSA) is 0 Å². The van der Waals surface area contributed by atoms with Gasteiger partial charge in [0.15, 0.2) is 0 Å².